The average Bonchev–Trinajstić information content (AvgIpc) is 3.84. The van der Waals surface area contributed by atoms with E-state index in [1.54, 1.807) is 0 Å². The van der Waals surface area contributed by atoms with E-state index in [9.17, 15) is 0 Å². The van der Waals surface area contributed by atoms with E-state index in [-0.39, 0.29) is 10.8 Å². The number of hydrogen-bond acceptors (Lipinski definition) is 1. The van der Waals surface area contributed by atoms with Gasteiger partial charge in [0, 0.05) is 22.4 Å². The summed E-state index contributed by atoms with van der Waals surface area (Å²) in [5.41, 5.74) is 26.6. The van der Waals surface area contributed by atoms with Crippen LogP contribution >= 0.6 is 0 Å². The number of benzene rings is 9. The molecule has 1 nitrogen and oxygen atoms in total. The molecule has 0 aliphatic heterocycles. The molecule has 0 radical (unpaired) electrons. The molecule has 290 valence electrons. The zero-order chi connectivity index (χ0) is 41.0. The second-order valence-corrected chi connectivity index (χ2v) is 17.8. The first-order valence-electron chi connectivity index (χ1n) is 21.6. The lowest BCUT2D eigenvalue weighted by Crippen LogP contribution is -2.26. The molecule has 0 amide bonds. The van der Waals surface area contributed by atoms with E-state index in [0.717, 1.165) is 17.1 Å². The number of hydrogen-bond donors (Lipinski definition) is 0. The molecule has 0 unspecified atom stereocenters. The Hall–Kier alpha value is -7.22. The molecule has 0 N–H and O–H groups in total. The lowest BCUT2D eigenvalue weighted by Gasteiger charge is -2.31. The summed E-state index contributed by atoms with van der Waals surface area (Å²) >= 11 is 0. The molecule has 0 saturated carbocycles. The Bertz CT molecular complexity index is 3190. The molecule has 9 aromatic carbocycles. The summed E-state index contributed by atoms with van der Waals surface area (Å²) < 4.78 is 0. The van der Waals surface area contributed by atoms with Crippen molar-refractivity contribution in [2.24, 2.45) is 0 Å². The molecule has 0 atom stereocenters. The Kier molecular flexibility index (Phi) is 7.69. The average molecular weight is 780 g/mol. The van der Waals surface area contributed by atoms with E-state index in [0.29, 0.717) is 0 Å². The van der Waals surface area contributed by atoms with E-state index in [4.69, 9.17) is 0 Å². The van der Waals surface area contributed by atoms with Crippen LogP contribution in [0, 0.1) is 13.8 Å². The molecule has 9 aromatic rings. The SMILES string of the molecule is Cc1ccc2c(c1)C1(c3ccccc3-c3ccc(-c4ccc(N(c5ccc6c(c5)C(C)(C)c5ccccc5-6)c5ccccc5-c5ccccc5)cc4)cc31)c1cc(C)ccc1-2. The molecule has 0 saturated heterocycles. The monoisotopic (exact) mass is 779 g/mol. The number of aryl methyl sites for hydroxylation is 2. The van der Waals surface area contributed by atoms with Crippen LogP contribution in [-0.4, -0.2) is 0 Å². The van der Waals surface area contributed by atoms with E-state index < -0.39 is 0 Å². The van der Waals surface area contributed by atoms with Crippen molar-refractivity contribution in [1.29, 1.82) is 0 Å². The summed E-state index contributed by atoms with van der Waals surface area (Å²) in [5.74, 6) is 0. The molecule has 3 aliphatic rings. The summed E-state index contributed by atoms with van der Waals surface area (Å²) in [6.45, 7) is 9.18. The van der Waals surface area contributed by atoms with Crippen molar-refractivity contribution in [2.45, 2.75) is 38.5 Å². The molecule has 1 heteroatoms. The lowest BCUT2D eigenvalue weighted by atomic mass is 9.70. The van der Waals surface area contributed by atoms with Gasteiger partial charge < -0.3 is 4.90 Å². The fraction of sp³-hybridized carbons (Fsp3) is 0.100. The number of nitrogens with zero attached hydrogens (tertiary/aromatic N) is 1. The maximum Gasteiger partial charge on any atom is 0.0725 e. The van der Waals surface area contributed by atoms with E-state index in [1.807, 2.05) is 0 Å². The topological polar surface area (TPSA) is 3.24 Å². The molecular formula is C60H45N. The van der Waals surface area contributed by atoms with Crippen LogP contribution in [0.3, 0.4) is 0 Å². The first-order chi connectivity index (χ1) is 29.8. The van der Waals surface area contributed by atoms with E-state index >= 15 is 0 Å². The van der Waals surface area contributed by atoms with E-state index in [2.05, 4.69) is 233 Å². The number of para-hydroxylation sites is 1. The highest BCUT2D eigenvalue weighted by molar-refractivity contribution is 5.97. The van der Waals surface area contributed by atoms with Gasteiger partial charge in [-0.2, -0.15) is 0 Å². The normalized spacial score (nSPS) is 14.2. The molecule has 12 rings (SSSR count). The second kappa shape index (κ2) is 13.1. The zero-order valence-corrected chi connectivity index (χ0v) is 35.0. The van der Waals surface area contributed by atoms with E-state index in [1.165, 1.54) is 100 Å². The Morgan fingerprint density at radius 2 is 0.787 bits per heavy atom. The minimum Gasteiger partial charge on any atom is -0.310 e. The van der Waals surface area contributed by atoms with Crippen molar-refractivity contribution >= 4 is 17.1 Å². The van der Waals surface area contributed by atoms with Gasteiger partial charge in [0.25, 0.3) is 0 Å². The predicted molar refractivity (Wildman–Crippen MR) is 255 cm³/mol. The first kappa shape index (κ1) is 35.7. The van der Waals surface area contributed by atoms with Crippen molar-refractivity contribution in [3.05, 3.63) is 245 Å². The van der Waals surface area contributed by atoms with Crippen LogP contribution in [-0.2, 0) is 10.8 Å². The van der Waals surface area contributed by atoms with Crippen LogP contribution in [0.1, 0.15) is 58.4 Å². The number of rotatable bonds is 5. The number of anilines is 3. The third-order valence-corrected chi connectivity index (χ3v) is 14.0. The minimum absolute atomic E-state index is 0.112. The van der Waals surface area contributed by atoms with Crippen LogP contribution in [0.15, 0.2) is 200 Å². The van der Waals surface area contributed by atoms with Crippen molar-refractivity contribution in [3.63, 3.8) is 0 Å². The minimum atomic E-state index is -0.385. The highest BCUT2D eigenvalue weighted by atomic mass is 15.1. The Morgan fingerprint density at radius 3 is 1.48 bits per heavy atom. The molecular weight excluding hydrogens is 735 g/mol. The maximum absolute atomic E-state index is 2.50. The molecule has 1 spiro atoms. The van der Waals surface area contributed by atoms with Gasteiger partial charge in [0.2, 0.25) is 0 Å². The van der Waals surface area contributed by atoms with Crippen LogP contribution in [0.4, 0.5) is 17.1 Å². The van der Waals surface area contributed by atoms with Crippen LogP contribution in [0.5, 0.6) is 0 Å². The van der Waals surface area contributed by atoms with Crippen molar-refractivity contribution < 1.29 is 0 Å². The smallest absolute Gasteiger partial charge is 0.0725 e. The van der Waals surface area contributed by atoms with Gasteiger partial charge in [-0.25, -0.2) is 0 Å². The summed E-state index contributed by atoms with van der Waals surface area (Å²) in [4.78, 5) is 2.46. The summed E-state index contributed by atoms with van der Waals surface area (Å²) in [5, 5.41) is 0. The van der Waals surface area contributed by atoms with Crippen LogP contribution in [0.2, 0.25) is 0 Å². The number of fused-ring (bicyclic) bond motifs is 13. The Labute approximate surface area is 359 Å². The van der Waals surface area contributed by atoms with Gasteiger partial charge in [-0.3, -0.25) is 0 Å². The quantitative estimate of drug-likeness (QED) is 0.168. The maximum atomic E-state index is 2.50. The molecule has 0 bridgehead atoms. The zero-order valence-electron chi connectivity index (χ0n) is 35.0. The van der Waals surface area contributed by atoms with Gasteiger partial charge in [0.05, 0.1) is 11.1 Å². The fourth-order valence-corrected chi connectivity index (χ4v) is 11.2. The Morgan fingerprint density at radius 1 is 0.311 bits per heavy atom. The molecule has 0 aromatic heterocycles. The third kappa shape index (κ3) is 5.07. The Balaban J connectivity index is 1.02. The predicted octanol–water partition coefficient (Wildman–Crippen LogP) is 15.8. The van der Waals surface area contributed by atoms with Gasteiger partial charge in [0.15, 0.2) is 0 Å². The first-order valence-corrected chi connectivity index (χ1v) is 21.6. The highest BCUT2D eigenvalue weighted by Crippen LogP contribution is 2.63. The fourth-order valence-electron chi connectivity index (χ4n) is 11.2. The lowest BCUT2D eigenvalue weighted by molar-refractivity contribution is 0.660. The second-order valence-electron chi connectivity index (χ2n) is 17.8. The molecule has 0 fully saturated rings. The van der Waals surface area contributed by atoms with Gasteiger partial charge in [-0.1, -0.05) is 189 Å². The molecule has 3 aliphatic carbocycles. The standard InChI is InChI=1S/C60H45N/c1-38-22-30-49-50-31-23-39(2)35-56(50)60(55(49)34-38)53-20-12-9-18-47(53)51-32-26-42(36-57(51)60)40-24-27-43(28-25-40)61(58-21-13-10-16-45(58)41-14-6-5-7-15-41)44-29-33-48-46-17-8-11-19-52(46)59(3,4)54(48)37-44/h5-37H,1-4H3. The van der Waals surface area contributed by atoms with Crippen LogP contribution in [0.25, 0.3) is 55.6 Å². The highest BCUT2D eigenvalue weighted by Gasteiger charge is 2.51. The van der Waals surface area contributed by atoms with Gasteiger partial charge in [-0.05, 0) is 134 Å². The molecule has 61 heavy (non-hydrogen) atoms. The van der Waals surface area contributed by atoms with Crippen LogP contribution < -0.4 is 4.90 Å². The van der Waals surface area contributed by atoms with Crippen molar-refractivity contribution in [3.8, 4) is 55.6 Å². The van der Waals surface area contributed by atoms with Crippen molar-refractivity contribution in [1.82, 2.24) is 0 Å². The third-order valence-electron chi connectivity index (χ3n) is 14.0. The molecule has 0 heterocycles. The van der Waals surface area contributed by atoms with Gasteiger partial charge >= 0.3 is 0 Å². The van der Waals surface area contributed by atoms with Gasteiger partial charge in [0.1, 0.15) is 0 Å². The summed E-state index contributed by atoms with van der Waals surface area (Å²) in [7, 11) is 0. The summed E-state index contributed by atoms with van der Waals surface area (Å²) in [6.07, 6.45) is 0. The largest absolute Gasteiger partial charge is 0.310 e. The van der Waals surface area contributed by atoms with Crippen molar-refractivity contribution in [2.75, 3.05) is 4.90 Å². The summed E-state index contributed by atoms with van der Waals surface area (Å²) in [6, 6.07) is 75.3. The van der Waals surface area contributed by atoms with Gasteiger partial charge in [-0.15, -0.1) is 0 Å².